The number of anilines is 1. The predicted octanol–water partition coefficient (Wildman–Crippen LogP) is 4.87. The summed E-state index contributed by atoms with van der Waals surface area (Å²) in [6.07, 6.45) is 2.11. The van der Waals surface area contributed by atoms with E-state index >= 15 is 0 Å². The highest BCUT2D eigenvalue weighted by molar-refractivity contribution is 8.00. The summed E-state index contributed by atoms with van der Waals surface area (Å²) < 4.78 is 14.6. The lowest BCUT2D eigenvalue weighted by molar-refractivity contribution is -0.120. The van der Waals surface area contributed by atoms with E-state index in [2.05, 4.69) is 15.5 Å². The van der Waals surface area contributed by atoms with Crippen LogP contribution >= 0.6 is 23.4 Å². The number of amides is 2. The number of nitrogens with one attached hydrogen (secondary N) is 2. The van der Waals surface area contributed by atoms with Crippen LogP contribution in [-0.2, 0) is 9.59 Å². The lowest BCUT2D eigenvalue weighted by atomic mass is 10.0. The standard InChI is InChI=1S/C23H27ClFN3O2S/c1-15(31-18-10-8-17(9-11-18)27-16(2)29)23(30)26-14-21(28-12-3-4-13-28)22-19(24)6-5-7-20(22)25/h5-11,15,21H,3-4,12-14H2,1-2H3,(H,26,30)(H,27,29). The van der Waals surface area contributed by atoms with E-state index in [0.717, 1.165) is 30.8 Å². The van der Waals surface area contributed by atoms with Crippen LogP contribution in [0, 0.1) is 5.82 Å². The molecule has 0 aliphatic carbocycles. The number of hydrogen-bond acceptors (Lipinski definition) is 4. The lowest BCUT2D eigenvalue weighted by Crippen LogP contribution is -2.40. The zero-order valence-electron chi connectivity index (χ0n) is 17.7. The van der Waals surface area contributed by atoms with Crippen molar-refractivity contribution in [3.63, 3.8) is 0 Å². The maximum Gasteiger partial charge on any atom is 0.233 e. The maximum absolute atomic E-state index is 14.6. The minimum absolute atomic E-state index is 0.118. The molecule has 1 aliphatic rings. The molecule has 1 saturated heterocycles. The van der Waals surface area contributed by atoms with E-state index in [0.29, 0.717) is 22.8 Å². The second-order valence-electron chi connectivity index (χ2n) is 7.61. The van der Waals surface area contributed by atoms with Crippen LogP contribution < -0.4 is 10.6 Å². The Hall–Kier alpha value is -2.09. The van der Waals surface area contributed by atoms with Crippen molar-refractivity contribution >= 4 is 40.9 Å². The fourth-order valence-corrected chi connectivity index (χ4v) is 4.90. The highest BCUT2D eigenvalue weighted by Crippen LogP contribution is 2.32. The van der Waals surface area contributed by atoms with E-state index in [4.69, 9.17) is 11.6 Å². The monoisotopic (exact) mass is 463 g/mol. The first-order valence-electron chi connectivity index (χ1n) is 10.3. The normalized spacial score (nSPS) is 16.0. The molecule has 0 aromatic heterocycles. The number of carbonyl (C=O) groups excluding carboxylic acids is 2. The van der Waals surface area contributed by atoms with Crippen LogP contribution in [0.2, 0.25) is 5.02 Å². The van der Waals surface area contributed by atoms with E-state index in [1.54, 1.807) is 24.3 Å². The summed E-state index contributed by atoms with van der Waals surface area (Å²) in [5, 5.41) is 5.76. The van der Waals surface area contributed by atoms with Crippen molar-refractivity contribution in [2.75, 3.05) is 25.0 Å². The molecule has 0 radical (unpaired) electrons. The van der Waals surface area contributed by atoms with Gasteiger partial charge in [-0.1, -0.05) is 17.7 Å². The third-order valence-electron chi connectivity index (χ3n) is 5.24. The van der Waals surface area contributed by atoms with Gasteiger partial charge in [0.2, 0.25) is 11.8 Å². The largest absolute Gasteiger partial charge is 0.353 e. The highest BCUT2D eigenvalue weighted by Gasteiger charge is 2.28. The minimum Gasteiger partial charge on any atom is -0.353 e. The molecule has 166 valence electrons. The molecule has 8 heteroatoms. The van der Waals surface area contributed by atoms with Gasteiger partial charge in [-0.3, -0.25) is 14.5 Å². The molecule has 1 heterocycles. The minimum atomic E-state index is -0.347. The first-order chi connectivity index (χ1) is 14.8. The molecule has 2 aromatic carbocycles. The van der Waals surface area contributed by atoms with Gasteiger partial charge in [0, 0.05) is 34.6 Å². The van der Waals surface area contributed by atoms with Gasteiger partial charge in [0.1, 0.15) is 5.82 Å². The van der Waals surface area contributed by atoms with Crippen LogP contribution in [0.25, 0.3) is 0 Å². The first-order valence-corrected chi connectivity index (χ1v) is 11.6. The number of likely N-dealkylation sites (tertiary alicyclic amines) is 1. The summed E-state index contributed by atoms with van der Waals surface area (Å²) in [4.78, 5) is 27.0. The molecule has 2 aromatic rings. The SMILES string of the molecule is CC(=O)Nc1ccc(SC(C)C(=O)NCC(c2c(F)cccc2Cl)N2CCCC2)cc1. The Balaban J connectivity index is 1.63. The molecule has 2 N–H and O–H groups in total. The van der Waals surface area contributed by atoms with Crippen LogP contribution in [0.4, 0.5) is 10.1 Å². The smallest absolute Gasteiger partial charge is 0.233 e. The van der Waals surface area contributed by atoms with Gasteiger partial charge in [0.05, 0.1) is 11.3 Å². The number of hydrogen-bond donors (Lipinski definition) is 2. The van der Waals surface area contributed by atoms with Crippen LogP contribution in [0.5, 0.6) is 0 Å². The number of halogens is 2. The molecular weight excluding hydrogens is 437 g/mol. The van der Waals surface area contributed by atoms with Gasteiger partial charge in [-0.2, -0.15) is 0 Å². The molecule has 2 unspecified atom stereocenters. The second-order valence-corrected chi connectivity index (χ2v) is 9.43. The second kappa shape index (κ2) is 11.0. The molecule has 5 nitrogen and oxygen atoms in total. The Labute approximate surface area is 191 Å². The van der Waals surface area contributed by atoms with Crippen molar-refractivity contribution in [3.05, 3.63) is 58.9 Å². The van der Waals surface area contributed by atoms with E-state index in [1.165, 1.54) is 24.8 Å². The molecule has 3 rings (SSSR count). The van der Waals surface area contributed by atoms with Gasteiger partial charge in [0.25, 0.3) is 0 Å². The van der Waals surface area contributed by atoms with Gasteiger partial charge in [-0.25, -0.2) is 4.39 Å². The van der Waals surface area contributed by atoms with Crippen molar-refractivity contribution in [2.24, 2.45) is 0 Å². The van der Waals surface area contributed by atoms with E-state index in [9.17, 15) is 14.0 Å². The lowest BCUT2D eigenvalue weighted by Gasteiger charge is -2.29. The quantitative estimate of drug-likeness (QED) is 0.548. The number of rotatable bonds is 8. The van der Waals surface area contributed by atoms with Crippen LogP contribution in [0.3, 0.4) is 0 Å². The van der Waals surface area contributed by atoms with Gasteiger partial charge in [0.15, 0.2) is 0 Å². The van der Waals surface area contributed by atoms with E-state index in [1.807, 2.05) is 19.1 Å². The zero-order chi connectivity index (χ0) is 22.4. The van der Waals surface area contributed by atoms with Gasteiger partial charge < -0.3 is 10.6 Å². The average molecular weight is 464 g/mol. The fraction of sp³-hybridized carbons (Fsp3) is 0.391. The topological polar surface area (TPSA) is 61.4 Å². The van der Waals surface area contributed by atoms with Crippen LogP contribution in [0.15, 0.2) is 47.4 Å². The Morgan fingerprint density at radius 2 is 1.84 bits per heavy atom. The summed E-state index contributed by atoms with van der Waals surface area (Å²) in [7, 11) is 0. The highest BCUT2D eigenvalue weighted by atomic mass is 35.5. The third kappa shape index (κ3) is 6.45. The Bertz CT molecular complexity index is 899. The Morgan fingerprint density at radius 1 is 1.16 bits per heavy atom. The Kier molecular flexibility index (Phi) is 8.35. The zero-order valence-corrected chi connectivity index (χ0v) is 19.2. The molecule has 0 bridgehead atoms. The first kappa shape index (κ1) is 23.6. The van der Waals surface area contributed by atoms with Crippen molar-refractivity contribution in [2.45, 2.75) is 42.9 Å². The van der Waals surface area contributed by atoms with E-state index in [-0.39, 0.29) is 28.9 Å². The predicted molar refractivity (Wildman–Crippen MR) is 124 cm³/mol. The summed E-state index contributed by atoms with van der Waals surface area (Å²) in [6, 6.07) is 11.7. The number of nitrogens with zero attached hydrogens (tertiary/aromatic N) is 1. The summed E-state index contributed by atoms with van der Waals surface area (Å²) in [5.74, 6) is -0.594. The van der Waals surface area contributed by atoms with Gasteiger partial charge in [-0.05, 0) is 69.3 Å². The molecular formula is C23H27ClFN3O2S. The number of carbonyl (C=O) groups is 2. The van der Waals surface area contributed by atoms with Crippen molar-refractivity contribution in [1.82, 2.24) is 10.2 Å². The van der Waals surface area contributed by atoms with Gasteiger partial charge in [-0.15, -0.1) is 11.8 Å². The molecule has 2 atom stereocenters. The maximum atomic E-state index is 14.6. The third-order valence-corrected chi connectivity index (χ3v) is 6.68. The molecule has 1 fully saturated rings. The number of benzene rings is 2. The summed E-state index contributed by atoms with van der Waals surface area (Å²) in [5.41, 5.74) is 1.16. The molecule has 2 amide bonds. The van der Waals surface area contributed by atoms with Crippen LogP contribution in [-0.4, -0.2) is 41.6 Å². The molecule has 0 saturated carbocycles. The van der Waals surface area contributed by atoms with Crippen molar-refractivity contribution in [3.8, 4) is 0 Å². The number of thioether (sulfide) groups is 1. The Morgan fingerprint density at radius 3 is 2.45 bits per heavy atom. The van der Waals surface area contributed by atoms with E-state index < -0.39 is 0 Å². The summed E-state index contributed by atoms with van der Waals surface area (Å²) in [6.45, 7) is 5.31. The summed E-state index contributed by atoms with van der Waals surface area (Å²) >= 11 is 7.75. The average Bonchev–Trinajstić information content (AvgIpc) is 3.25. The fourth-order valence-electron chi connectivity index (χ4n) is 3.71. The molecule has 0 spiro atoms. The van der Waals surface area contributed by atoms with Crippen molar-refractivity contribution < 1.29 is 14.0 Å². The van der Waals surface area contributed by atoms with Gasteiger partial charge >= 0.3 is 0 Å². The van der Waals surface area contributed by atoms with Crippen molar-refractivity contribution in [1.29, 1.82) is 0 Å². The molecule has 1 aliphatic heterocycles. The van der Waals surface area contributed by atoms with Crippen LogP contribution in [0.1, 0.15) is 38.3 Å². The molecule has 31 heavy (non-hydrogen) atoms.